The molecule has 0 radical (unpaired) electrons. The van der Waals surface area contributed by atoms with Crippen molar-refractivity contribution in [3.05, 3.63) is 109 Å². The van der Waals surface area contributed by atoms with Crippen LogP contribution in [0.4, 0.5) is 0 Å². The minimum Gasteiger partial charge on any atom is -0.298 e. The number of allylic oxidation sites excluding steroid dienone is 4. The number of rotatable bonds is 9. The highest BCUT2D eigenvalue weighted by Gasteiger charge is 2.42. The molecule has 1 unspecified atom stereocenters. The number of nitrogens with zero attached hydrogens (tertiary/aromatic N) is 2. The summed E-state index contributed by atoms with van der Waals surface area (Å²) in [6, 6.07) is 19.5. The number of hydrogen-bond donors (Lipinski definition) is 0. The first-order valence-corrected chi connectivity index (χ1v) is 15.0. The molecule has 1 heterocycles. The van der Waals surface area contributed by atoms with Gasteiger partial charge in [-0.2, -0.15) is 4.91 Å². The van der Waals surface area contributed by atoms with E-state index in [4.69, 9.17) is 0 Å². The van der Waals surface area contributed by atoms with E-state index in [9.17, 15) is 9.70 Å². The van der Waals surface area contributed by atoms with Crippen molar-refractivity contribution in [3.8, 4) is 11.3 Å². The summed E-state index contributed by atoms with van der Waals surface area (Å²) in [4.78, 5) is 24.3. The molecule has 2 aromatic carbocycles. The van der Waals surface area contributed by atoms with Crippen LogP contribution >= 0.6 is 11.3 Å². The van der Waals surface area contributed by atoms with E-state index in [1.165, 1.54) is 46.6 Å². The van der Waals surface area contributed by atoms with Crippen molar-refractivity contribution in [2.75, 3.05) is 0 Å². The summed E-state index contributed by atoms with van der Waals surface area (Å²) in [5.41, 5.74) is 5.06. The van der Waals surface area contributed by atoms with Gasteiger partial charge in [-0.05, 0) is 74.0 Å². The third kappa shape index (κ3) is 6.15. The lowest BCUT2D eigenvalue weighted by Gasteiger charge is -2.26. The molecule has 38 heavy (non-hydrogen) atoms. The van der Waals surface area contributed by atoms with Crippen LogP contribution in [0.15, 0.2) is 88.9 Å². The van der Waals surface area contributed by atoms with Gasteiger partial charge in [0.05, 0.1) is 5.69 Å². The molecule has 3 aliphatic carbocycles. The van der Waals surface area contributed by atoms with Crippen LogP contribution in [0.5, 0.6) is 0 Å². The second kappa shape index (κ2) is 12.2. The highest BCUT2D eigenvalue weighted by Crippen LogP contribution is 2.42. The van der Waals surface area contributed by atoms with Crippen LogP contribution in [-0.4, -0.2) is 10.1 Å². The summed E-state index contributed by atoms with van der Waals surface area (Å²) in [6.07, 6.45) is 18.6. The fourth-order valence-electron chi connectivity index (χ4n) is 5.38. The molecular weight excluding hydrogens is 488 g/mol. The van der Waals surface area contributed by atoms with Crippen LogP contribution in [-0.2, 0) is 13.0 Å². The molecule has 6 rings (SSSR count). The molecule has 0 N–H and O–H groups in total. The highest BCUT2D eigenvalue weighted by atomic mass is 32.1. The Labute approximate surface area is 230 Å². The molecular formula is C33H38N2O2S. The Hall–Kier alpha value is -3.05. The number of aryl methyl sites for hydroxylation is 1. The van der Waals surface area contributed by atoms with Gasteiger partial charge in [0.1, 0.15) is 5.54 Å². The van der Waals surface area contributed by atoms with Gasteiger partial charge in [0.15, 0.2) is 0 Å². The molecule has 0 spiro atoms. The predicted molar refractivity (Wildman–Crippen MR) is 159 cm³/mol. The van der Waals surface area contributed by atoms with Crippen molar-refractivity contribution in [1.82, 2.24) is 4.57 Å². The molecule has 2 fully saturated rings. The summed E-state index contributed by atoms with van der Waals surface area (Å²) >= 11 is 1.43. The Balaban J connectivity index is 0.000000366. The molecule has 4 nitrogen and oxygen atoms in total. The maximum Gasteiger partial charge on any atom is 0.307 e. The monoisotopic (exact) mass is 526 g/mol. The van der Waals surface area contributed by atoms with Crippen LogP contribution in [0.3, 0.4) is 0 Å². The fourth-order valence-corrected chi connectivity index (χ4v) is 6.52. The van der Waals surface area contributed by atoms with Crippen molar-refractivity contribution in [1.29, 1.82) is 0 Å². The molecule has 0 bridgehead atoms. The molecule has 3 aliphatic rings. The highest BCUT2D eigenvalue weighted by molar-refractivity contribution is 7.09. The van der Waals surface area contributed by atoms with Crippen LogP contribution in [0, 0.1) is 4.91 Å². The zero-order valence-electron chi connectivity index (χ0n) is 22.4. The second-order valence-electron chi connectivity index (χ2n) is 10.9. The molecule has 0 saturated heterocycles. The van der Waals surface area contributed by atoms with Crippen LogP contribution in [0.1, 0.15) is 86.1 Å². The van der Waals surface area contributed by atoms with Crippen molar-refractivity contribution in [3.63, 3.8) is 0 Å². The van der Waals surface area contributed by atoms with E-state index < -0.39 is 0 Å². The summed E-state index contributed by atoms with van der Waals surface area (Å²) in [5, 5.41) is 3.00. The van der Waals surface area contributed by atoms with Crippen LogP contribution in [0.25, 0.3) is 11.3 Å². The summed E-state index contributed by atoms with van der Waals surface area (Å²) in [6.45, 7) is 2.77. The van der Waals surface area contributed by atoms with Crippen molar-refractivity contribution in [2.24, 2.45) is 5.18 Å². The average Bonchev–Trinajstić information content (AvgIpc) is 3.66. The van der Waals surface area contributed by atoms with E-state index in [-0.39, 0.29) is 10.4 Å². The van der Waals surface area contributed by atoms with E-state index in [1.54, 1.807) is 0 Å². The van der Waals surface area contributed by atoms with Crippen molar-refractivity contribution >= 4 is 11.3 Å². The second-order valence-corrected chi connectivity index (χ2v) is 11.9. The van der Waals surface area contributed by atoms with E-state index in [0.717, 1.165) is 62.2 Å². The first-order chi connectivity index (χ1) is 18.6. The number of thiazole rings is 1. The fraction of sp³-hybridized carbons (Fsp3) is 0.424. The first-order valence-electron chi connectivity index (χ1n) is 14.2. The molecule has 5 heteroatoms. The average molecular weight is 527 g/mol. The van der Waals surface area contributed by atoms with Gasteiger partial charge in [0.2, 0.25) is 0 Å². The lowest BCUT2D eigenvalue weighted by atomic mass is 9.79. The Bertz CT molecular complexity index is 1340. The van der Waals surface area contributed by atoms with Gasteiger partial charge in [-0.1, -0.05) is 109 Å². The SMILES string of the molecule is CCC1(N=O)CC1.O=c1sc(C2C=CC=CC2)c(-c2ccccc2)n1CCCc1cccc(C2CCC2)c1. The van der Waals surface area contributed by atoms with E-state index >= 15 is 0 Å². The predicted octanol–water partition coefficient (Wildman–Crippen LogP) is 8.77. The zero-order valence-corrected chi connectivity index (χ0v) is 23.2. The Morgan fingerprint density at radius 3 is 2.47 bits per heavy atom. The van der Waals surface area contributed by atoms with E-state index in [2.05, 4.69) is 78.0 Å². The molecule has 2 saturated carbocycles. The number of benzene rings is 2. The van der Waals surface area contributed by atoms with Crippen molar-refractivity contribution < 1.29 is 0 Å². The first kappa shape index (κ1) is 26.6. The standard InChI is InChI=1S/C28H29NOS.C5H9NO/c30-28-29(19-9-11-21-10-7-18-25(20-21)22-16-8-17-22)26(23-12-3-1-4-13-23)27(31-28)24-14-5-2-6-15-24;1-2-5(6-7)3-4-5/h1-7,10,12-14,18,20,22,24H,8-9,11,15-17,19H2;2-4H2,1H3. The van der Waals surface area contributed by atoms with Crippen molar-refractivity contribution in [2.45, 2.75) is 88.6 Å². The minimum absolute atomic E-state index is 0.0972. The van der Waals surface area contributed by atoms with Gasteiger partial charge in [0.25, 0.3) is 0 Å². The Morgan fingerprint density at radius 1 is 1.05 bits per heavy atom. The quantitative estimate of drug-likeness (QED) is 0.262. The van der Waals surface area contributed by atoms with Crippen LogP contribution in [0.2, 0.25) is 0 Å². The zero-order chi connectivity index (χ0) is 26.4. The Kier molecular flexibility index (Phi) is 8.53. The smallest absolute Gasteiger partial charge is 0.298 e. The van der Waals surface area contributed by atoms with Crippen LogP contribution < -0.4 is 4.87 Å². The maximum atomic E-state index is 13.0. The molecule has 198 valence electrons. The molecule has 1 aromatic heterocycles. The third-order valence-corrected chi connectivity index (χ3v) is 9.45. The lowest BCUT2D eigenvalue weighted by Crippen LogP contribution is -2.15. The maximum absolute atomic E-state index is 13.0. The van der Waals surface area contributed by atoms with Gasteiger partial charge in [-0.25, -0.2) is 0 Å². The molecule has 3 aromatic rings. The molecule has 0 amide bonds. The number of nitroso groups, excluding NO2 is 1. The van der Waals surface area contributed by atoms with Gasteiger partial charge >= 0.3 is 4.87 Å². The number of aromatic nitrogens is 1. The minimum atomic E-state index is -0.0972. The van der Waals surface area contributed by atoms with Gasteiger partial charge in [-0.3, -0.25) is 9.36 Å². The number of hydrogen-bond acceptors (Lipinski definition) is 4. The summed E-state index contributed by atoms with van der Waals surface area (Å²) in [5.74, 6) is 1.06. The third-order valence-electron chi connectivity index (χ3n) is 8.34. The van der Waals surface area contributed by atoms with Gasteiger partial charge in [-0.15, -0.1) is 0 Å². The van der Waals surface area contributed by atoms with Gasteiger partial charge < -0.3 is 0 Å². The Morgan fingerprint density at radius 2 is 1.87 bits per heavy atom. The van der Waals surface area contributed by atoms with E-state index in [0.29, 0.717) is 5.92 Å². The molecule has 0 aliphatic heterocycles. The summed E-state index contributed by atoms with van der Waals surface area (Å²) in [7, 11) is 0. The van der Waals surface area contributed by atoms with E-state index in [1.807, 2.05) is 17.6 Å². The largest absolute Gasteiger partial charge is 0.307 e. The summed E-state index contributed by atoms with van der Waals surface area (Å²) < 4.78 is 2.03. The lowest BCUT2D eigenvalue weighted by molar-refractivity contribution is 0.419. The normalized spacial score (nSPS) is 19.3. The topological polar surface area (TPSA) is 51.4 Å². The van der Waals surface area contributed by atoms with Gasteiger partial charge in [0, 0.05) is 17.3 Å². The molecule has 1 atom stereocenters.